The molecule has 1 heterocycles. The molecule has 0 spiro atoms. The average molecular weight is 374 g/mol. The summed E-state index contributed by atoms with van der Waals surface area (Å²) in [5, 5.41) is 10.6. The van der Waals surface area contributed by atoms with Crippen LogP contribution in [0.3, 0.4) is 0 Å². The molecule has 1 atom stereocenters. The highest BCUT2D eigenvalue weighted by molar-refractivity contribution is 7.10. The highest BCUT2D eigenvalue weighted by Gasteiger charge is 2.16. The number of carbonyl (C=O) groups is 2. The lowest BCUT2D eigenvalue weighted by atomic mass is 10.0. The minimum Gasteiger partial charge on any atom is -0.355 e. The van der Waals surface area contributed by atoms with Gasteiger partial charge < -0.3 is 10.6 Å². The molecule has 0 radical (unpaired) electrons. The standard InChI is InChI=1S/C20H27N3O2S/c1-3-6-15-8-10-16(11-9-15)20(17-7-5-12-26-17)23-14-19(25)22-13-18(24)21-4-2/h5,7-12,20,23H,3-4,6,13-14H2,1-2H3,(H,21,24)(H,22,25)/t20-/m0/s1. The fourth-order valence-electron chi connectivity index (χ4n) is 2.70. The van der Waals surface area contributed by atoms with Crippen LogP contribution in [0.4, 0.5) is 0 Å². The lowest BCUT2D eigenvalue weighted by Gasteiger charge is -2.18. The summed E-state index contributed by atoms with van der Waals surface area (Å²) in [7, 11) is 0. The summed E-state index contributed by atoms with van der Waals surface area (Å²) in [5.41, 5.74) is 2.45. The number of benzene rings is 1. The Kier molecular flexibility index (Phi) is 8.31. The van der Waals surface area contributed by atoms with Gasteiger partial charge in [-0.2, -0.15) is 0 Å². The maximum atomic E-state index is 12.0. The molecule has 2 amide bonds. The van der Waals surface area contributed by atoms with E-state index >= 15 is 0 Å². The van der Waals surface area contributed by atoms with E-state index in [1.165, 1.54) is 5.56 Å². The summed E-state index contributed by atoms with van der Waals surface area (Å²) < 4.78 is 0. The second-order valence-electron chi connectivity index (χ2n) is 6.05. The van der Waals surface area contributed by atoms with Gasteiger partial charge >= 0.3 is 0 Å². The Hall–Kier alpha value is -2.18. The van der Waals surface area contributed by atoms with Crippen molar-refractivity contribution in [1.82, 2.24) is 16.0 Å². The van der Waals surface area contributed by atoms with Gasteiger partial charge in [0.15, 0.2) is 0 Å². The molecule has 0 aliphatic carbocycles. The first-order valence-electron chi connectivity index (χ1n) is 9.03. The number of thiophene rings is 1. The van der Waals surface area contributed by atoms with E-state index in [1.807, 2.05) is 18.4 Å². The summed E-state index contributed by atoms with van der Waals surface area (Å²) in [5.74, 6) is -0.373. The fourth-order valence-corrected chi connectivity index (χ4v) is 3.53. The Morgan fingerprint density at radius 1 is 1.00 bits per heavy atom. The maximum Gasteiger partial charge on any atom is 0.239 e. The molecule has 3 N–H and O–H groups in total. The van der Waals surface area contributed by atoms with E-state index < -0.39 is 0 Å². The van der Waals surface area contributed by atoms with E-state index in [4.69, 9.17) is 0 Å². The van der Waals surface area contributed by atoms with Gasteiger partial charge in [-0.25, -0.2) is 0 Å². The molecule has 1 aromatic heterocycles. The second-order valence-corrected chi connectivity index (χ2v) is 7.03. The summed E-state index contributed by atoms with van der Waals surface area (Å²) >= 11 is 1.66. The smallest absolute Gasteiger partial charge is 0.239 e. The minimum absolute atomic E-state index is 0.00371. The number of amides is 2. The Bertz CT molecular complexity index is 684. The van der Waals surface area contributed by atoms with Crippen molar-refractivity contribution in [3.05, 3.63) is 57.8 Å². The minimum atomic E-state index is -0.194. The average Bonchev–Trinajstić information content (AvgIpc) is 3.16. The Morgan fingerprint density at radius 2 is 1.73 bits per heavy atom. The molecular weight excluding hydrogens is 346 g/mol. The van der Waals surface area contributed by atoms with Crippen LogP contribution in [0.1, 0.15) is 42.3 Å². The van der Waals surface area contributed by atoms with Crippen molar-refractivity contribution in [2.24, 2.45) is 0 Å². The predicted octanol–water partition coefficient (Wildman–Crippen LogP) is 2.63. The van der Waals surface area contributed by atoms with Gasteiger partial charge in [0.2, 0.25) is 11.8 Å². The van der Waals surface area contributed by atoms with Crippen LogP contribution in [0.15, 0.2) is 41.8 Å². The Balaban J connectivity index is 1.98. The van der Waals surface area contributed by atoms with Crippen molar-refractivity contribution < 1.29 is 9.59 Å². The van der Waals surface area contributed by atoms with Gasteiger partial charge in [-0.15, -0.1) is 11.3 Å². The molecule has 26 heavy (non-hydrogen) atoms. The summed E-state index contributed by atoms with van der Waals surface area (Å²) in [6.45, 7) is 4.73. The highest BCUT2D eigenvalue weighted by Crippen LogP contribution is 2.26. The highest BCUT2D eigenvalue weighted by atomic mass is 32.1. The maximum absolute atomic E-state index is 12.0. The van der Waals surface area contributed by atoms with Crippen LogP contribution in [0.2, 0.25) is 0 Å². The lowest BCUT2D eigenvalue weighted by Crippen LogP contribution is -2.41. The van der Waals surface area contributed by atoms with Crippen molar-refractivity contribution in [3.63, 3.8) is 0 Å². The van der Waals surface area contributed by atoms with Crippen molar-refractivity contribution in [2.75, 3.05) is 19.6 Å². The number of hydrogen-bond donors (Lipinski definition) is 3. The SMILES string of the molecule is CCCc1ccc([C@H](NCC(=O)NCC(=O)NCC)c2cccs2)cc1. The molecule has 0 saturated heterocycles. The number of nitrogens with one attached hydrogen (secondary N) is 3. The van der Waals surface area contributed by atoms with E-state index in [0.29, 0.717) is 6.54 Å². The Labute approximate surface area is 159 Å². The van der Waals surface area contributed by atoms with Crippen LogP contribution in [0, 0.1) is 0 Å². The van der Waals surface area contributed by atoms with E-state index in [1.54, 1.807) is 11.3 Å². The molecule has 0 aliphatic rings. The van der Waals surface area contributed by atoms with Crippen LogP contribution in [0.25, 0.3) is 0 Å². The van der Waals surface area contributed by atoms with Crippen LogP contribution >= 0.6 is 11.3 Å². The molecule has 6 heteroatoms. The van der Waals surface area contributed by atoms with Gasteiger partial charge in [0.1, 0.15) is 0 Å². The van der Waals surface area contributed by atoms with Gasteiger partial charge in [0, 0.05) is 11.4 Å². The molecule has 0 bridgehead atoms. The molecule has 0 fully saturated rings. The first-order valence-corrected chi connectivity index (χ1v) is 9.91. The van der Waals surface area contributed by atoms with E-state index in [-0.39, 0.29) is 30.9 Å². The van der Waals surface area contributed by atoms with Gasteiger partial charge in [0.25, 0.3) is 0 Å². The van der Waals surface area contributed by atoms with Gasteiger partial charge in [-0.3, -0.25) is 14.9 Å². The molecule has 1 aromatic carbocycles. The van der Waals surface area contributed by atoms with Crippen molar-refractivity contribution in [3.8, 4) is 0 Å². The molecule has 0 unspecified atom stereocenters. The van der Waals surface area contributed by atoms with Gasteiger partial charge in [-0.1, -0.05) is 43.7 Å². The summed E-state index contributed by atoms with van der Waals surface area (Å²) in [6, 6.07) is 12.6. The first-order chi connectivity index (χ1) is 12.6. The molecule has 0 saturated carbocycles. The number of hydrogen-bond acceptors (Lipinski definition) is 4. The van der Waals surface area contributed by atoms with Crippen LogP contribution in [-0.4, -0.2) is 31.4 Å². The number of rotatable bonds is 10. The Morgan fingerprint density at radius 3 is 2.35 bits per heavy atom. The third-order valence-corrected chi connectivity index (χ3v) is 4.90. The fraction of sp³-hybridized carbons (Fsp3) is 0.400. The van der Waals surface area contributed by atoms with Gasteiger partial charge in [0.05, 0.1) is 19.1 Å². The number of likely N-dealkylation sites (N-methyl/N-ethyl adjacent to an activating group) is 1. The lowest BCUT2D eigenvalue weighted by molar-refractivity contribution is -0.125. The molecule has 0 aliphatic heterocycles. The van der Waals surface area contributed by atoms with Crippen LogP contribution in [0.5, 0.6) is 0 Å². The third kappa shape index (κ3) is 6.28. The summed E-state index contributed by atoms with van der Waals surface area (Å²) in [4.78, 5) is 24.6. The van der Waals surface area contributed by atoms with Gasteiger partial charge in [-0.05, 0) is 35.9 Å². The van der Waals surface area contributed by atoms with Crippen molar-refractivity contribution in [2.45, 2.75) is 32.7 Å². The quantitative estimate of drug-likeness (QED) is 0.600. The zero-order chi connectivity index (χ0) is 18.8. The monoisotopic (exact) mass is 373 g/mol. The normalized spacial score (nSPS) is 11.8. The predicted molar refractivity (Wildman–Crippen MR) is 106 cm³/mol. The number of carbonyl (C=O) groups excluding carboxylic acids is 2. The zero-order valence-corrected chi connectivity index (χ0v) is 16.2. The zero-order valence-electron chi connectivity index (χ0n) is 15.4. The molecule has 5 nitrogen and oxygen atoms in total. The van der Waals surface area contributed by atoms with E-state index in [2.05, 4.69) is 53.2 Å². The molecular formula is C20H27N3O2S. The largest absolute Gasteiger partial charge is 0.355 e. The molecule has 140 valence electrons. The second kappa shape index (κ2) is 10.7. The topological polar surface area (TPSA) is 70.2 Å². The van der Waals surface area contributed by atoms with E-state index in [0.717, 1.165) is 23.3 Å². The first kappa shape index (κ1) is 20.1. The third-order valence-electron chi connectivity index (χ3n) is 3.97. The number of aryl methyl sites for hydroxylation is 1. The van der Waals surface area contributed by atoms with Crippen LogP contribution < -0.4 is 16.0 Å². The van der Waals surface area contributed by atoms with Crippen molar-refractivity contribution >= 4 is 23.2 Å². The van der Waals surface area contributed by atoms with Crippen molar-refractivity contribution in [1.29, 1.82) is 0 Å². The van der Waals surface area contributed by atoms with Crippen LogP contribution in [-0.2, 0) is 16.0 Å². The van der Waals surface area contributed by atoms with E-state index in [9.17, 15) is 9.59 Å². The molecule has 2 rings (SSSR count). The molecule has 2 aromatic rings. The summed E-state index contributed by atoms with van der Waals surface area (Å²) in [6.07, 6.45) is 2.19.